The van der Waals surface area contributed by atoms with Gasteiger partial charge >= 0.3 is 0 Å². The van der Waals surface area contributed by atoms with E-state index < -0.39 is 0 Å². The van der Waals surface area contributed by atoms with E-state index in [-0.39, 0.29) is 11.9 Å². The van der Waals surface area contributed by atoms with Gasteiger partial charge in [0.15, 0.2) is 0 Å². The summed E-state index contributed by atoms with van der Waals surface area (Å²) in [4.78, 5) is 16.5. The largest absolute Gasteiger partial charge is 0.352 e. The average Bonchev–Trinajstić information content (AvgIpc) is 3.33. The maximum absolute atomic E-state index is 12.4. The molecular formula is C17H19N3O. The second-order valence-corrected chi connectivity index (χ2v) is 5.37. The smallest absolute Gasteiger partial charge is 0.241 e. The van der Waals surface area contributed by atoms with Crippen LogP contribution in [0.5, 0.6) is 0 Å². The zero-order valence-corrected chi connectivity index (χ0v) is 11.8. The van der Waals surface area contributed by atoms with Crippen LogP contribution < -0.4 is 10.6 Å². The van der Waals surface area contributed by atoms with Crippen LogP contribution >= 0.6 is 0 Å². The van der Waals surface area contributed by atoms with Gasteiger partial charge in [-0.05, 0) is 30.0 Å². The lowest BCUT2D eigenvalue weighted by molar-refractivity contribution is -0.123. The number of amides is 1. The van der Waals surface area contributed by atoms with Gasteiger partial charge in [0.25, 0.3) is 0 Å². The zero-order valence-electron chi connectivity index (χ0n) is 11.8. The molecule has 1 saturated carbocycles. The predicted molar refractivity (Wildman–Crippen MR) is 81.4 cm³/mol. The molecule has 108 valence electrons. The van der Waals surface area contributed by atoms with Crippen LogP contribution in [0, 0.1) is 0 Å². The quantitative estimate of drug-likeness (QED) is 0.853. The van der Waals surface area contributed by atoms with E-state index in [0.717, 1.165) is 24.0 Å². The fourth-order valence-corrected chi connectivity index (χ4v) is 2.24. The lowest BCUT2D eigenvalue weighted by Gasteiger charge is -2.19. The molecule has 1 amide bonds. The molecule has 1 aliphatic rings. The molecule has 0 spiro atoms. The molecule has 4 nitrogen and oxygen atoms in total. The highest BCUT2D eigenvalue weighted by Gasteiger charge is 2.28. The molecular weight excluding hydrogens is 262 g/mol. The van der Waals surface area contributed by atoms with E-state index in [0.29, 0.717) is 12.6 Å². The van der Waals surface area contributed by atoms with Gasteiger partial charge in [-0.1, -0.05) is 36.4 Å². The van der Waals surface area contributed by atoms with Crippen LogP contribution in [0.15, 0.2) is 54.9 Å². The minimum absolute atomic E-state index is 0.0487. The fourth-order valence-electron chi connectivity index (χ4n) is 2.24. The molecule has 1 aliphatic carbocycles. The molecule has 3 rings (SSSR count). The number of rotatable bonds is 6. The monoisotopic (exact) mass is 281 g/mol. The van der Waals surface area contributed by atoms with Crippen molar-refractivity contribution in [2.45, 2.75) is 31.5 Å². The number of hydrogen-bond acceptors (Lipinski definition) is 3. The standard InChI is InChI=1S/C17H19N3O/c21-17(20-15-8-9-15)16(14-6-2-1-3-7-14)19-12-13-5-4-10-18-11-13/h1-7,10-11,15-16,19H,8-9,12H2,(H,20,21)/t16-/m1/s1. The van der Waals surface area contributed by atoms with Gasteiger partial charge < -0.3 is 5.32 Å². The topological polar surface area (TPSA) is 54.0 Å². The van der Waals surface area contributed by atoms with Crippen LogP contribution in [0.3, 0.4) is 0 Å². The third-order valence-corrected chi connectivity index (χ3v) is 3.55. The Balaban J connectivity index is 1.70. The molecule has 1 aromatic carbocycles. The maximum Gasteiger partial charge on any atom is 0.241 e. The SMILES string of the molecule is O=C(NC1CC1)[C@H](NCc1cccnc1)c1ccccc1. The minimum Gasteiger partial charge on any atom is -0.352 e. The Morgan fingerprint density at radius 3 is 2.67 bits per heavy atom. The second kappa shape index (κ2) is 6.50. The maximum atomic E-state index is 12.4. The van der Waals surface area contributed by atoms with Gasteiger partial charge in [0.1, 0.15) is 6.04 Å². The summed E-state index contributed by atoms with van der Waals surface area (Å²) in [6.45, 7) is 0.617. The molecule has 1 heterocycles. The second-order valence-electron chi connectivity index (χ2n) is 5.37. The summed E-state index contributed by atoms with van der Waals surface area (Å²) in [7, 11) is 0. The van der Waals surface area contributed by atoms with E-state index in [9.17, 15) is 4.79 Å². The van der Waals surface area contributed by atoms with Crippen molar-refractivity contribution in [3.05, 3.63) is 66.0 Å². The van der Waals surface area contributed by atoms with E-state index in [1.54, 1.807) is 6.20 Å². The number of nitrogens with zero attached hydrogens (tertiary/aromatic N) is 1. The van der Waals surface area contributed by atoms with Crippen LogP contribution in [-0.4, -0.2) is 16.9 Å². The molecule has 1 aromatic heterocycles. The Morgan fingerprint density at radius 1 is 1.19 bits per heavy atom. The number of benzene rings is 1. The van der Waals surface area contributed by atoms with E-state index in [2.05, 4.69) is 15.6 Å². The Hall–Kier alpha value is -2.20. The molecule has 0 aliphatic heterocycles. The average molecular weight is 281 g/mol. The summed E-state index contributed by atoms with van der Waals surface area (Å²) in [6, 6.07) is 13.8. The summed E-state index contributed by atoms with van der Waals surface area (Å²) in [5.74, 6) is 0.0487. The molecule has 1 fully saturated rings. The van der Waals surface area contributed by atoms with Crippen LogP contribution in [-0.2, 0) is 11.3 Å². The van der Waals surface area contributed by atoms with Crippen molar-refractivity contribution in [1.82, 2.24) is 15.6 Å². The third-order valence-electron chi connectivity index (χ3n) is 3.55. The number of carbonyl (C=O) groups excluding carboxylic acids is 1. The van der Waals surface area contributed by atoms with Crippen LogP contribution in [0.4, 0.5) is 0 Å². The molecule has 4 heteroatoms. The first kappa shape index (κ1) is 13.8. The van der Waals surface area contributed by atoms with Gasteiger partial charge in [-0.15, -0.1) is 0 Å². The Morgan fingerprint density at radius 2 is 2.00 bits per heavy atom. The third kappa shape index (κ3) is 3.89. The number of pyridine rings is 1. The summed E-state index contributed by atoms with van der Waals surface area (Å²) in [6.07, 6.45) is 5.75. The van der Waals surface area contributed by atoms with Gasteiger partial charge in [0.05, 0.1) is 0 Å². The molecule has 0 saturated heterocycles. The molecule has 2 N–H and O–H groups in total. The van der Waals surface area contributed by atoms with Gasteiger partial charge in [0.2, 0.25) is 5.91 Å². The van der Waals surface area contributed by atoms with Crippen LogP contribution in [0.2, 0.25) is 0 Å². The number of aromatic nitrogens is 1. The van der Waals surface area contributed by atoms with E-state index >= 15 is 0 Å². The molecule has 2 aromatic rings. The van der Waals surface area contributed by atoms with Gasteiger partial charge in [-0.2, -0.15) is 0 Å². The lowest BCUT2D eigenvalue weighted by Crippen LogP contribution is -2.38. The van der Waals surface area contributed by atoms with Crippen LogP contribution in [0.1, 0.15) is 30.0 Å². The molecule has 1 atom stereocenters. The summed E-state index contributed by atoms with van der Waals surface area (Å²) in [5, 5.41) is 6.40. The lowest BCUT2D eigenvalue weighted by atomic mass is 10.1. The number of carbonyl (C=O) groups is 1. The number of hydrogen-bond donors (Lipinski definition) is 2. The Kier molecular flexibility index (Phi) is 4.26. The first-order chi connectivity index (χ1) is 10.3. The molecule has 0 radical (unpaired) electrons. The highest BCUT2D eigenvalue weighted by molar-refractivity contribution is 5.83. The van der Waals surface area contributed by atoms with Crippen molar-refractivity contribution < 1.29 is 4.79 Å². The molecule has 0 bridgehead atoms. The van der Waals surface area contributed by atoms with Gasteiger partial charge in [0, 0.05) is 25.0 Å². The highest BCUT2D eigenvalue weighted by Crippen LogP contribution is 2.21. The normalized spacial score (nSPS) is 15.4. The first-order valence-corrected chi connectivity index (χ1v) is 7.30. The zero-order chi connectivity index (χ0) is 14.5. The van der Waals surface area contributed by atoms with E-state index in [4.69, 9.17) is 0 Å². The minimum atomic E-state index is -0.327. The highest BCUT2D eigenvalue weighted by atomic mass is 16.2. The predicted octanol–water partition coefficient (Wildman–Crippen LogP) is 2.19. The van der Waals surface area contributed by atoms with Crippen molar-refractivity contribution in [2.75, 3.05) is 0 Å². The molecule has 0 unspecified atom stereocenters. The van der Waals surface area contributed by atoms with E-state index in [1.807, 2.05) is 48.7 Å². The van der Waals surface area contributed by atoms with Crippen molar-refractivity contribution in [2.24, 2.45) is 0 Å². The first-order valence-electron chi connectivity index (χ1n) is 7.30. The summed E-state index contributed by atoms with van der Waals surface area (Å²) in [5.41, 5.74) is 2.05. The van der Waals surface area contributed by atoms with Crippen molar-refractivity contribution in [3.8, 4) is 0 Å². The summed E-state index contributed by atoms with van der Waals surface area (Å²) >= 11 is 0. The van der Waals surface area contributed by atoms with Crippen molar-refractivity contribution in [3.63, 3.8) is 0 Å². The van der Waals surface area contributed by atoms with Crippen molar-refractivity contribution in [1.29, 1.82) is 0 Å². The summed E-state index contributed by atoms with van der Waals surface area (Å²) < 4.78 is 0. The van der Waals surface area contributed by atoms with E-state index in [1.165, 1.54) is 0 Å². The Bertz CT molecular complexity index is 581. The number of nitrogens with one attached hydrogen (secondary N) is 2. The molecule has 21 heavy (non-hydrogen) atoms. The van der Waals surface area contributed by atoms with Crippen LogP contribution in [0.25, 0.3) is 0 Å². The Labute approximate surface area is 124 Å². The van der Waals surface area contributed by atoms with Gasteiger partial charge in [-0.3, -0.25) is 15.1 Å². The van der Waals surface area contributed by atoms with Gasteiger partial charge in [-0.25, -0.2) is 0 Å². The fraction of sp³-hybridized carbons (Fsp3) is 0.294. The van der Waals surface area contributed by atoms with Crippen molar-refractivity contribution >= 4 is 5.91 Å².